The first-order valence-electron chi connectivity index (χ1n) is 7.15. The van der Waals surface area contributed by atoms with Crippen LogP contribution in [0.1, 0.15) is 10.4 Å². The van der Waals surface area contributed by atoms with Crippen LogP contribution in [0.15, 0.2) is 42.5 Å². The molecule has 0 saturated carbocycles. The van der Waals surface area contributed by atoms with Gasteiger partial charge in [-0.05, 0) is 21.8 Å². The van der Waals surface area contributed by atoms with Crippen LogP contribution >= 0.6 is 0 Å². The lowest BCUT2D eigenvalue weighted by atomic mass is 10.1. The number of nitrogens with two attached hydrogens (primary N) is 1. The van der Waals surface area contributed by atoms with E-state index in [1.54, 1.807) is 24.3 Å². The molecule has 3 aromatic rings. The van der Waals surface area contributed by atoms with Crippen molar-refractivity contribution in [3.05, 3.63) is 48.0 Å². The molecular weight excluding hydrogens is 326 g/mol. The van der Waals surface area contributed by atoms with Gasteiger partial charge in [0.25, 0.3) is 11.8 Å². The first-order chi connectivity index (χ1) is 11.9. The molecule has 25 heavy (non-hydrogen) atoms. The van der Waals surface area contributed by atoms with Crippen LogP contribution in [-0.2, 0) is 0 Å². The third-order valence-electron chi connectivity index (χ3n) is 3.24. The van der Waals surface area contributed by atoms with Gasteiger partial charge in [0.2, 0.25) is 0 Å². The van der Waals surface area contributed by atoms with Gasteiger partial charge < -0.3 is 19.7 Å². The number of fused-ring (bicyclic) bond motifs is 1. The Bertz CT molecular complexity index is 876. The minimum atomic E-state index is -1.18. The number of aromatic amines is 1. The highest BCUT2D eigenvalue weighted by Crippen LogP contribution is 2.22. The summed E-state index contributed by atoms with van der Waals surface area (Å²) in [7, 11) is 3.05. The maximum atomic E-state index is 11.3. The van der Waals surface area contributed by atoms with Gasteiger partial charge in [0, 0.05) is 0 Å². The number of aromatic carboxylic acids is 1. The van der Waals surface area contributed by atoms with E-state index in [1.165, 1.54) is 26.4 Å². The van der Waals surface area contributed by atoms with Gasteiger partial charge in [-0.15, -0.1) is 0 Å². The Morgan fingerprint density at radius 1 is 1.16 bits per heavy atom. The van der Waals surface area contributed by atoms with Crippen LogP contribution in [0.25, 0.3) is 10.8 Å². The zero-order valence-electron chi connectivity index (χ0n) is 13.6. The molecule has 0 bridgehead atoms. The number of carboxylic acid groups (broad SMARTS) is 1. The molecule has 4 N–H and O–H groups in total. The fraction of sp³-hybridized carbons (Fsp3) is 0.118. The van der Waals surface area contributed by atoms with E-state index < -0.39 is 11.7 Å². The number of carboxylic acids is 1. The Hall–Kier alpha value is -3.55. The number of nitrogen functional groups attached to an aromatic ring is 1. The Kier molecular flexibility index (Phi) is 5.57. The maximum absolute atomic E-state index is 11.3. The summed E-state index contributed by atoms with van der Waals surface area (Å²) in [5.74, 6) is -0.411. The largest absolute Gasteiger partial charge is 0.872 e. The molecule has 0 unspecified atom stereocenters. The molecule has 130 valence electrons. The minimum absolute atomic E-state index is 0.177. The second-order valence-electron chi connectivity index (χ2n) is 4.88. The van der Waals surface area contributed by atoms with Crippen LogP contribution in [0.3, 0.4) is 0 Å². The van der Waals surface area contributed by atoms with Gasteiger partial charge in [-0.1, -0.05) is 36.1 Å². The highest BCUT2D eigenvalue weighted by atomic mass is 16.5. The Labute approximate surface area is 143 Å². The molecule has 0 atom stereocenters. The maximum Gasteiger partial charge on any atom is 0.393 e. The summed E-state index contributed by atoms with van der Waals surface area (Å²) in [6.45, 7) is 0. The summed E-state index contributed by atoms with van der Waals surface area (Å²) in [6.07, 6.45) is 0. The lowest BCUT2D eigenvalue weighted by molar-refractivity contribution is -0.380. The molecule has 1 aromatic heterocycles. The van der Waals surface area contributed by atoms with Crippen molar-refractivity contribution in [2.24, 2.45) is 0 Å². The lowest BCUT2D eigenvalue weighted by Gasteiger charge is -2.11. The van der Waals surface area contributed by atoms with E-state index in [9.17, 15) is 9.90 Å². The monoisotopic (exact) mass is 343 g/mol. The average Bonchev–Trinajstić information content (AvgIpc) is 2.60. The second-order valence-corrected chi connectivity index (χ2v) is 4.88. The Morgan fingerprint density at radius 3 is 2.36 bits per heavy atom. The van der Waals surface area contributed by atoms with Gasteiger partial charge in [-0.25, -0.2) is 9.78 Å². The van der Waals surface area contributed by atoms with Crippen LogP contribution in [0.2, 0.25) is 0 Å². The molecule has 0 amide bonds. The average molecular weight is 343 g/mol. The van der Waals surface area contributed by atoms with E-state index >= 15 is 0 Å². The number of anilines is 1. The zero-order chi connectivity index (χ0) is 18.4. The number of methoxy groups -OCH3 is 2. The molecular formula is C17H17N3O5. The summed E-state index contributed by atoms with van der Waals surface area (Å²) < 4.78 is 9.73. The quantitative estimate of drug-likeness (QED) is 0.728. The highest BCUT2D eigenvalue weighted by molar-refractivity contribution is 5.97. The SMILES string of the molecule is COc1cc(OC)[nH+]c(N)n1.O=C(O)c1cc2ccccc2cc1[O-]. The number of hydrogen-bond donors (Lipinski definition) is 2. The van der Waals surface area contributed by atoms with Crippen molar-refractivity contribution >= 4 is 22.7 Å². The van der Waals surface area contributed by atoms with Gasteiger partial charge in [0.15, 0.2) is 0 Å². The molecule has 0 aliphatic rings. The second kappa shape index (κ2) is 7.82. The van der Waals surface area contributed by atoms with Gasteiger partial charge in [0.05, 0.1) is 25.8 Å². The van der Waals surface area contributed by atoms with E-state index in [0.717, 1.165) is 10.8 Å². The molecule has 0 aliphatic heterocycles. The van der Waals surface area contributed by atoms with Crippen molar-refractivity contribution in [3.8, 4) is 17.5 Å². The molecule has 0 saturated heterocycles. The number of rotatable bonds is 3. The number of H-pyrrole nitrogens is 1. The molecule has 8 nitrogen and oxygen atoms in total. The third kappa shape index (κ3) is 4.47. The number of ether oxygens (including phenoxy) is 2. The minimum Gasteiger partial charge on any atom is -0.872 e. The summed E-state index contributed by atoms with van der Waals surface area (Å²) in [4.78, 5) is 17.2. The van der Waals surface area contributed by atoms with Crippen molar-refractivity contribution in [1.29, 1.82) is 0 Å². The number of hydrogen-bond acceptors (Lipinski definition) is 6. The summed E-state index contributed by atoms with van der Waals surface area (Å²) in [5, 5.41) is 21.6. The number of benzene rings is 2. The van der Waals surface area contributed by atoms with E-state index in [1.807, 2.05) is 6.07 Å². The van der Waals surface area contributed by atoms with Crippen LogP contribution in [-0.4, -0.2) is 30.3 Å². The van der Waals surface area contributed by atoms with Crippen molar-refractivity contribution in [2.75, 3.05) is 20.0 Å². The first-order valence-corrected chi connectivity index (χ1v) is 7.15. The van der Waals surface area contributed by atoms with Crippen LogP contribution < -0.4 is 25.3 Å². The van der Waals surface area contributed by atoms with E-state index in [0.29, 0.717) is 11.8 Å². The topological polar surface area (TPSA) is 132 Å². The normalized spacial score (nSPS) is 9.84. The van der Waals surface area contributed by atoms with Crippen molar-refractivity contribution in [1.82, 2.24) is 4.98 Å². The van der Waals surface area contributed by atoms with Crippen LogP contribution in [0.4, 0.5) is 5.95 Å². The van der Waals surface area contributed by atoms with Gasteiger partial charge in [0.1, 0.15) is 0 Å². The van der Waals surface area contributed by atoms with Crippen molar-refractivity contribution < 1.29 is 29.5 Å². The van der Waals surface area contributed by atoms with Gasteiger partial charge >= 0.3 is 11.9 Å². The zero-order valence-corrected chi connectivity index (χ0v) is 13.6. The highest BCUT2D eigenvalue weighted by Gasteiger charge is 2.07. The van der Waals surface area contributed by atoms with Gasteiger partial charge in [-0.3, -0.25) is 5.73 Å². The van der Waals surface area contributed by atoms with Crippen molar-refractivity contribution in [2.45, 2.75) is 0 Å². The molecule has 0 aliphatic carbocycles. The van der Waals surface area contributed by atoms with E-state index in [-0.39, 0.29) is 11.5 Å². The van der Waals surface area contributed by atoms with E-state index in [2.05, 4.69) is 9.97 Å². The number of nitrogens with one attached hydrogen (secondary N) is 1. The standard InChI is InChI=1S/C11H8O3.C6H9N3O2/c12-10-6-8-4-2-1-3-7(8)5-9(10)11(13)14;1-10-4-3-5(11-2)9-6(7)8-4/h1-6,12H,(H,13,14);3H,1-2H3,(H2,7,8,9). The lowest BCUT2D eigenvalue weighted by Crippen LogP contribution is -2.15. The molecule has 2 aromatic carbocycles. The fourth-order valence-electron chi connectivity index (χ4n) is 2.05. The molecule has 3 rings (SSSR count). The van der Waals surface area contributed by atoms with Crippen LogP contribution in [0.5, 0.6) is 17.5 Å². The first kappa shape index (κ1) is 17.8. The predicted molar refractivity (Wildman–Crippen MR) is 88.7 cm³/mol. The summed E-state index contributed by atoms with van der Waals surface area (Å²) in [5.41, 5.74) is 5.21. The van der Waals surface area contributed by atoms with E-state index in [4.69, 9.17) is 20.3 Å². The fourth-order valence-corrected chi connectivity index (χ4v) is 2.05. The van der Waals surface area contributed by atoms with Crippen molar-refractivity contribution in [3.63, 3.8) is 0 Å². The number of aromatic nitrogens is 2. The number of carbonyl (C=O) groups is 1. The Morgan fingerprint density at radius 2 is 1.80 bits per heavy atom. The Balaban J connectivity index is 0.000000186. The molecule has 0 radical (unpaired) electrons. The number of nitrogens with zero attached hydrogens (tertiary/aromatic N) is 1. The molecule has 0 fully saturated rings. The third-order valence-corrected chi connectivity index (χ3v) is 3.24. The molecule has 1 heterocycles. The van der Waals surface area contributed by atoms with Gasteiger partial charge in [-0.2, -0.15) is 0 Å². The molecule has 8 heteroatoms. The predicted octanol–water partition coefficient (Wildman–Crippen LogP) is 1.11. The van der Waals surface area contributed by atoms with Crippen LogP contribution in [0, 0.1) is 0 Å². The summed E-state index contributed by atoms with van der Waals surface area (Å²) >= 11 is 0. The smallest absolute Gasteiger partial charge is 0.393 e. The summed E-state index contributed by atoms with van der Waals surface area (Å²) in [6, 6.07) is 11.5. The molecule has 0 spiro atoms.